The van der Waals surface area contributed by atoms with Crippen molar-refractivity contribution in [3.05, 3.63) is 36.9 Å². The zero-order chi connectivity index (χ0) is 14.2. The lowest BCUT2D eigenvalue weighted by Gasteiger charge is -2.26. The smallest absolute Gasteiger partial charge is 0.259 e. The lowest BCUT2D eigenvalue weighted by molar-refractivity contribution is -0.114. The van der Waals surface area contributed by atoms with Crippen molar-refractivity contribution < 1.29 is 9.90 Å². The van der Waals surface area contributed by atoms with E-state index >= 15 is 0 Å². The van der Waals surface area contributed by atoms with Crippen LogP contribution in [0.15, 0.2) is 31.3 Å². The van der Waals surface area contributed by atoms with Crippen LogP contribution in [0, 0.1) is 0 Å². The summed E-state index contributed by atoms with van der Waals surface area (Å²) >= 11 is 0. The zero-order valence-corrected chi connectivity index (χ0v) is 9.92. The van der Waals surface area contributed by atoms with Crippen molar-refractivity contribution in [2.45, 2.75) is 0 Å². The Hall–Kier alpha value is -3.03. The van der Waals surface area contributed by atoms with Gasteiger partial charge in [0.05, 0.1) is 0 Å². The number of rotatable bonds is 2. The third kappa shape index (κ3) is 2.06. The molecule has 2 heterocycles. The lowest BCUT2D eigenvalue weighted by atomic mass is 10.3. The fraction of sp³-hybridized carbons (Fsp3) is 0. The topological polar surface area (TPSA) is 130 Å². The number of carbonyl (C=O) groups excluding carboxylic acids is 1. The van der Waals surface area contributed by atoms with Gasteiger partial charge in [-0.05, 0) is 0 Å². The number of nitrogens with two attached hydrogens (primary N) is 2. The highest BCUT2D eigenvalue weighted by molar-refractivity contribution is 6.05. The maximum atomic E-state index is 11.8. The number of hydrogen-bond donors (Lipinski definition) is 4. The van der Waals surface area contributed by atoms with E-state index < -0.39 is 0 Å². The summed E-state index contributed by atoms with van der Waals surface area (Å²) < 4.78 is 0. The molecule has 6 N–H and O–H groups in total. The highest BCUT2D eigenvalue weighted by Crippen LogP contribution is 2.27. The molecule has 0 saturated heterocycles. The summed E-state index contributed by atoms with van der Waals surface area (Å²) in [7, 11) is 0. The van der Waals surface area contributed by atoms with Crippen molar-refractivity contribution >= 4 is 29.1 Å². The molecule has 8 heteroatoms. The SMILES string of the molecule is C=C(O)c1nc(N)c(N2C(=C)NC=CC2=O)nc1N. The second-order valence-electron chi connectivity index (χ2n) is 3.71. The van der Waals surface area contributed by atoms with Crippen LogP contribution < -0.4 is 21.7 Å². The predicted octanol–water partition coefficient (Wildman–Crippen LogP) is 0.0908. The van der Waals surface area contributed by atoms with Crippen LogP contribution in [0.2, 0.25) is 0 Å². The van der Waals surface area contributed by atoms with Crippen LogP contribution in [0.5, 0.6) is 0 Å². The van der Waals surface area contributed by atoms with Gasteiger partial charge in [-0.2, -0.15) is 0 Å². The normalized spacial score (nSPS) is 14.4. The van der Waals surface area contributed by atoms with Gasteiger partial charge in [-0.3, -0.25) is 4.79 Å². The molecule has 0 aromatic carbocycles. The van der Waals surface area contributed by atoms with E-state index in [2.05, 4.69) is 28.4 Å². The Morgan fingerprint density at radius 2 is 2.05 bits per heavy atom. The quantitative estimate of drug-likeness (QED) is 0.554. The van der Waals surface area contributed by atoms with Gasteiger partial charge in [0.1, 0.15) is 17.3 Å². The van der Waals surface area contributed by atoms with Crippen LogP contribution >= 0.6 is 0 Å². The van der Waals surface area contributed by atoms with Gasteiger partial charge in [-0.25, -0.2) is 14.9 Å². The molecule has 1 aromatic rings. The molecule has 0 spiro atoms. The number of nitrogens with one attached hydrogen (secondary N) is 1. The van der Waals surface area contributed by atoms with Gasteiger partial charge in [0, 0.05) is 12.3 Å². The average Bonchev–Trinajstić information content (AvgIpc) is 2.32. The molecule has 0 bridgehead atoms. The first-order valence-corrected chi connectivity index (χ1v) is 5.19. The number of aliphatic hydroxyl groups is 1. The van der Waals surface area contributed by atoms with Crippen molar-refractivity contribution in [3.63, 3.8) is 0 Å². The van der Waals surface area contributed by atoms with E-state index in [-0.39, 0.29) is 40.6 Å². The first-order chi connectivity index (χ1) is 8.91. The van der Waals surface area contributed by atoms with Crippen LogP contribution in [0.1, 0.15) is 5.69 Å². The predicted molar refractivity (Wildman–Crippen MR) is 71.4 cm³/mol. The first-order valence-electron chi connectivity index (χ1n) is 5.19. The fourth-order valence-corrected chi connectivity index (χ4v) is 1.54. The molecular formula is C11H12N6O2. The first kappa shape index (κ1) is 12.4. The van der Waals surface area contributed by atoms with Gasteiger partial charge < -0.3 is 21.9 Å². The summed E-state index contributed by atoms with van der Waals surface area (Å²) in [6.07, 6.45) is 2.73. The van der Waals surface area contributed by atoms with Gasteiger partial charge in [-0.15, -0.1) is 0 Å². The monoisotopic (exact) mass is 260 g/mol. The van der Waals surface area contributed by atoms with E-state index in [1.807, 2.05) is 0 Å². The summed E-state index contributed by atoms with van der Waals surface area (Å²) in [6.45, 7) is 6.96. The summed E-state index contributed by atoms with van der Waals surface area (Å²) in [6, 6.07) is 0. The Balaban J connectivity index is 2.55. The molecule has 0 unspecified atom stereocenters. The van der Waals surface area contributed by atoms with E-state index in [4.69, 9.17) is 11.5 Å². The second-order valence-corrected chi connectivity index (χ2v) is 3.71. The van der Waals surface area contributed by atoms with Gasteiger partial charge >= 0.3 is 0 Å². The van der Waals surface area contributed by atoms with Crippen molar-refractivity contribution in [2.24, 2.45) is 0 Å². The summed E-state index contributed by atoms with van der Waals surface area (Å²) in [5, 5.41) is 12.0. The maximum Gasteiger partial charge on any atom is 0.259 e. The van der Waals surface area contributed by atoms with Gasteiger partial charge in [0.25, 0.3) is 5.91 Å². The highest BCUT2D eigenvalue weighted by Gasteiger charge is 2.25. The van der Waals surface area contributed by atoms with E-state index in [9.17, 15) is 9.90 Å². The maximum absolute atomic E-state index is 11.8. The standard InChI is InChI=1S/C11H12N6O2/c1-5(18)8-9(12)16-11(10(13)15-8)17-6(2)14-4-3-7(17)19/h3-4,14,18H,1-2H2,(H2,12,16)(H2,13,15). The van der Waals surface area contributed by atoms with E-state index in [1.54, 1.807) is 0 Å². The molecule has 19 heavy (non-hydrogen) atoms. The van der Waals surface area contributed by atoms with Gasteiger partial charge in [0.2, 0.25) is 0 Å². The molecular weight excluding hydrogens is 248 g/mol. The molecule has 1 amide bonds. The average molecular weight is 260 g/mol. The second kappa shape index (κ2) is 4.33. The zero-order valence-electron chi connectivity index (χ0n) is 9.92. The number of aromatic nitrogens is 2. The van der Waals surface area contributed by atoms with E-state index in [0.717, 1.165) is 4.90 Å². The summed E-state index contributed by atoms with van der Waals surface area (Å²) in [4.78, 5) is 20.8. The van der Waals surface area contributed by atoms with Crippen LogP contribution in [0.4, 0.5) is 17.5 Å². The van der Waals surface area contributed by atoms with Crippen molar-refractivity contribution in [1.29, 1.82) is 0 Å². The molecule has 0 aliphatic carbocycles. The number of hydrogen-bond acceptors (Lipinski definition) is 7. The van der Waals surface area contributed by atoms with Gasteiger partial charge in [-0.1, -0.05) is 13.2 Å². The number of nitrogen functional groups attached to an aromatic ring is 2. The largest absolute Gasteiger partial charge is 0.506 e. The molecule has 0 fully saturated rings. The molecule has 0 radical (unpaired) electrons. The van der Waals surface area contributed by atoms with E-state index in [0.29, 0.717) is 0 Å². The molecule has 8 nitrogen and oxygen atoms in total. The van der Waals surface area contributed by atoms with Crippen LogP contribution in [-0.4, -0.2) is 21.0 Å². The third-order valence-corrected chi connectivity index (χ3v) is 2.38. The molecule has 1 aliphatic heterocycles. The Kier molecular flexibility index (Phi) is 2.83. The minimum Gasteiger partial charge on any atom is -0.506 e. The Morgan fingerprint density at radius 1 is 1.37 bits per heavy atom. The summed E-state index contributed by atoms with van der Waals surface area (Å²) in [5.41, 5.74) is 11.3. The number of anilines is 3. The molecule has 1 aliphatic rings. The Bertz CT molecular complexity index is 622. The molecule has 0 atom stereocenters. The van der Waals surface area contributed by atoms with Gasteiger partial charge in [0.15, 0.2) is 17.5 Å². The minimum absolute atomic E-state index is 0.0279. The van der Waals surface area contributed by atoms with E-state index in [1.165, 1.54) is 12.3 Å². The van der Waals surface area contributed by atoms with Crippen LogP contribution in [-0.2, 0) is 4.79 Å². The van der Waals surface area contributed by atoms with Crippen LogP contribution in [0.3, 0.4) is 0 Å². The van der Waals surface area contributed by atoms with Crippen molar-refractivity contribution in [2.75, 3.05) is 16.4 Å². The number of carbonyl (C=O) groups is 1. The molecule has 2 rings (SSSR count). The fourth-order valence-electron chi connectivity index (χ4n) is 1.54. The highest BCUT2D eigenvalue weighted by atomic mass is 16.3. The molecule has 98 valence electrons. The molecule has 1 aromatic heterocycles. The van der Waals surface area contributed by atoms with Crippen molar-refractivity contribution in [1.82, 2.24) is 15.3 Å². The number of aliphatic hydroxyl groups excluding tert-OH is 1. The lowest BCUT2D eigenvalue weighted by Crippen LogP contribution is -2.38. The minimum atomic E-state index is -0.389. The number of nitrogens with zero attached hydrogens (tertiary/aromatic N) is 3. The number of amides is 1. The molecule has 0 saturated carbocycles. The van der Waals surface area contributed by atoms with Crippen LogP contribution in [0.25, 0.3) is 5.76 Å². The Labute approximate surface area is 108 Å². The third-order valence-electron chi connectivity index (χ3n) is 2.38. The van der Waals surface area contributed by atoms with Crippen molar-refractivity contribution in [3.8, 4) is 0 Å². The summed E-state index contributed by atoms with van der Waals surface area (Å²) in [5.74, 6) is -0.611. The Morgan fingerprint density at radius 3 is 2.63 bits per heavy atom.